The number of aromatic nitrogens is 1. The van der Waals surface area contributed by atoms with Gasteiger partial charge >= 0.3 is 10.8 Å². The molecule has 6 nitrogen and oxygen atoms in total. The molecule has 1 aromatic heterocycles. The van der Waals surface area contributed by atoms with Gasteiger partial charge in [-0.05, 0) is 38.8 Å². The number of esters is 1. The first-order valence-electron chi connectivity index (χ1n) is 8.64. The first-order chi connectivity index (χ1) is 12.4. The van der Waals surface area contributed by atoms with Crippen LogP contribution in [0.1, 0.15) is 31.5 Å². The lowest BCUT2D eigenvalue weighted by Gasteiger charge is -2.26. The molecule has 1 aliphatic heterocycles. The highest BCUT2D eigenvalue weighted by atomic mass is 32.1. The Morgan fingerprint density at radius 2 is 2.08 bits per heavy atom. The van der Waals surface area contributed by atoms with Crippen LogP contribution in [-0.4, -0.2) is 28.6 Å². The Morgan fingerprint density at radius 1 is 1.35 bits per heavy atom. The second kappa shape index (κ2) is 7.45. The number of fused-ring (bicyclic) bond motifs is 1. The fourth-order valence-electron chi connectivity index (χ4n) is 3.28. The van der Waals surface area contributed by atoms with Gasteiger partial charge in [-0.1, -0.05) is 29.5 Å². The Balaban J connectivity index is 1.61. The number of anilines is 1. The van der Waals surface area contributed by atoms with Crippen LogP contribution in [0.3, 0.4) is 0 Å². The third kappa shape index (κ3) is 3.58. The van der Waals surface area contributed by atoms with Crippen molar-refractivity contribution in [1.82, 2.24) is 4.57 Å². The number of hydrogen-bond acceptors (Lipinski definition) is 5. The molecule has 7 heteroatoms. The number of rotatable bonds is 5. The van der Waals surface area contributed by atoms with Gasteiger partial charge < -0.3 is 14.2 Å². The first kappa shape index (κ1) is 18.4. The number of ether oxygens (including phenoxy) is 1. The quantitative estimate of drug-likeness (QED) is 0.754. The van der Waals surface area contributed by atoms with Gasteiger partial charge in [-0.3, -0.25) is 14.4 Å². The molecule has 0 radical (unpaired) electrons. The lowest BCUT2D eigenvalue weighted by atomic mass is 10.1. The topological polar surface area (TPSA) is 68.6 Å². The molecule has 0 saturated carbocycles. The number of aryl methyl sites for hydroxylation is 1. The summed E-state index contributed by atoms with van der Waals surface area (Å²) >= 11 is 1.11. The van der Waals surface area contributed by atoms with Gasteiger partial charge in [0.05, 0.1) is 6.42 Å². The molecule has 2 heterocycles. The Bertz CT molecular complexity index is 886. The van der Waals surface area contributed by atoms with E-state index in [-0.39, 0.29) is 29.8 Å². The Kier molecular flexibility index (Phi) is 5.27. The summed E-state index contributed by atoms with van der Waals surface area (Å²) in [5.74, 6) is -0.705. The molecule has 2 aromatic rings. The molecule has 0 unspecified atom stereocenters. The summed E-state index contributed by atoms with van der Waals surface area (Å²) in [6.45, 7) is 5.66. The van der Waals surface area contributed by atoms with Gasteiger partial charge in [0.25, 0.3) is 5.91 Å². The van der Waals surface area contributed by atoms with E-state index in [1.165, 1.54) is 4.57 Å². The third-order valence-electron chi connectivity index (χ3n) is 4.62. The third-order valence-corrected chi connectivity index (χ3v) is 5.50. The summed E-state index contributed by atoms with van der Waals surface area (Å²) in [4.78, 5) is 38.2. The summed E-state index contributed by atoms with van der Waals surface area (Å²) in [5.41, 5.74) is 2.83. The SMILES string of the molecule is Cc1csc(=O)n1CCC(=O)O[C@H](C)C(=O)N1c2ccccc2C[C@H]1C. The molecule has 26 heavy (non-hydrogen) atoms. The maximum Gasteiger partial charge on any atom is 0.308 e. The number of carbonyl (C=O) groups excluding carboxylic acids is 2. The van der Waals surface area contributed by atoms with E-state index in [2.05, 4.69) is 0 Å². The molecule has 0 bridgehead atoms. The molecule has 2 atom stereocenters. The van der Waals surface area contributed by atoms with Crippen LogP contribution in [0.2, 0.25) is 0 Å². The number of carbonyl (C=O) groups is 2. The second-order valence-corrected chi connectivity index (χ2v) is 7.39. The van der Waals surface area contributed by atoms with Crippen molar-refractivity contribution in [1.29, 1.82) is 0 Å². The van der Waals surface area contributed by atoms with Gasteiger partial charge in [0, 0.05) is 29.3 Å². The standard InChI is InChI=1S/C19H22N2O4S/c1-12-10-15-6-4-5-7-16(15)21(12)18(23)14(3)25-17(22)8-9-20-13(2)11-26-19(20)24/h4-7,11-12,14H,8-10H2,1-3H3/t12-,14-/m1/s1. The molecule has 138 valence electrons. The monoisotopic (exact) mass is 374 g/mol. The minimum Gasteiger partial charge on any atom is -0.452 e. The maximum absolute atomic E-state index is 12.8. The Labute approximate surface area is 156 Å². The van der Waals surface area contributed by atoms with E-state index in [1.54, 1.807) is 17.2 Å². The number of benzene rings is 1. The predicted molar refractivity (Wildman–Crippen MR) is 101 cm³/mol. The molecule has 0 saturated heterocycles. The average Bonchev–Trinajstić information content (AvgIpc) is 3.10. The van der Waals surface area contributed by atoms with Crippen molar-refractivity contribution in [2.24, 2.45) is 0 Å². The molecule has 0 aliphatic carbocycles. The Morgan fingerprint density at radius 3 is 2.77 bits per heavy atom. The second-order valence-electron chi connectivity index (χ2n) is 6.57. The van der Waals surface area contributed by atoms with Crippen molar-refractivity contribution >= 4 is 28.9 Å². The summed E-state index contributed by atoms with van der Waals surface area (Å²) in [6, 6.07) is 7.81. The predicted octanol–water partition coefficient (Wildman–Crippen LogP) is 2.52. The smallest absolute Gasteiger partial charge is 0.308 e. The zero-order chi connectivity index (χ0) is 18.8. The number of amides is 1. The normalized spacial score (nSPS) is 17.0. The van der Waals surface area contributed by atoms with Crippen molar-refractivity contribution < 1.29 is 14.3 Å². The lowest BCUT2D eigenvalue weighted by molar-refractivity contribution is -0.154. The van der Waals surface area contributed by atoms with E-state index in [0.29, 0.717) is 0 Å². The lowest BCUT2D eigenvalue weighted by Crippen LogP contribution is -2.43. The fourth-order valence-corrected chi connectivity index (χ4v) is 4.04. The van der Waals surface area contributed by atoms with E-state index in [4.69, 9.17) is 4.74 Å². The van der Waals surface area contributed by atoms with Crippen LogP contribution in [0.4, 0.5) is 5.69 Å². The molecule has 0 spiro atoms. The molecule has 1 aromatic carbocycles. The summed E-state index contributed by atoms with van der Waals surface area (Å²) in [5, 5.41) is 1.76. The molecular formula is C19H22N2O4S. The number of nitrogens with zero attached hydrogens (tertiary/aromatic N) is 2. The van der Waals surface area contributed by atoms with Gasteiger partial charge in [-0.25, -0.2) is 0 Å². The minimum atomic E-state index is -0.864. The van der Waals surface area contributed by atoms with E-state index in [0.717, 1.165) is 34.7 Å². The van der Waals surface area contributed by atoms with Crippen molar-refractivity contribution in [3.05, 3.63) is 50.6 Å². The van der Waals surface area contributed by atoms with Crippen LogP contribution in [0, 0.1) is 6.92 Å². The highest BCUT2D eigenvalue weighted by molar-refractivity contribution is 7.07. The fraction of sp³-hybridized carbons (Fsp3) is 0.421. The molecule has 3 rings (SSSR count). The van der Waals surface area contributed by atoms with E-state index >= 15 is 0 Å². The molecule has 0 N–H and O–H groups in total. The minimum absolute atomic E-state index is 0.0353. The molecule has 0 fully saturated rings. The van der Waals surface area contributed by atoms with Crippen LogP contribution in [0.5, 0.6) is 0 Å². The maximum atomic E-state index is 12.8. The van der Waals surface area contributed by atoms with Crippen LogP contribution < -0.4 is 9.77 Å². The number of hydrogen-bond donors (Lipinski definition) is 0. The van der Waals surface area contributed by atoms with Gasteiger partial charge in [0.2, 0.25) is 0 Å². The van der Waals surface area contributed by atoms with Gasteiger partial charge in [0.1, 0.15) is 0 Å². The van der Waals surface area contributed by atoms with E-state index < -0.39 is 12.1 Å². The van der Waals surface area contributed by atoms with Gasteiger partial charge in [-0.15, -0.1) is 0 Å². The van der Waals surface area contributed by atoms with Crippen LogP contribution >= 0.6 is 11.3 Å². The number of para-hydroxylation sites is 1. The van der Waals surface area contributed by atoms with Crippen molar-refractivity contribution in [2.45, 2.75) is 52.3 Å². The van der Waals surface area contributed by atoms with Crippen LogP contribution in [0.25, 0.3) is 0 Å². The molecule has 1 amide bonds. The Hall–Kier alpha value is -2.41. The first-order valence-corrected chi connectivity index (χ1v) is 9.52. The summed E-state index contributed by atoms with van der Waals surface area (Å²) in [7, 11) is 0. The van der Waals surface area contributed by atoms with Crippen molar-refractivity contribution in [3.63, 3.8) is 0 Å². The van der Waals surface area contributed by atoms with E-state index in [9.17, 15) is 14.4 Å². The zero-order valence-electron chi connectivity index (χ0n) is 15.1. The van der Waals surface area contributed by atoms with E-state index in [1.807, 2.05) is 38.1 Å². The van der Waals surface area contributed by atoms with Crippen molar-refractivity contribution in [2.75, 3.05) is 4.90 Å². The van der Waals surface area contributed by atoms with Crippen LogP contribution in [0.15, 0.2) is 34.4 Å². The molecular weight excluding hydrogens is 352 g/mol. The summed E-state index contributed by atoms with van der Waals surface area (Å²) in [6.07, 6.45) is -0.0131. The highest BCUT2D eigenvalue weighted by Crippen LogP contribution is 2.32. The van der Waals surface area contributed by atoms with Crippen molar-refractivity contribution in [3.8, 4) is 0 Å². The number of thiazole rings is 1. The van der Waals surface area contributed by atoms with Crippen LogP contribution in [-0.2, 0) is 27.3 Å². The summed E-state index contributed by atoms with van der Waals surface area (Å²) < 4.78 is 6.86. The zero-order valence-corrected chi connectivity index (χ0v) is 15.9. The van der Waals surface area contributed by atoms with Gasteiger partial charge in [-0.2, -0.15) is 0 Å². The van der Waals surface area contributed by atoms with Gasteiger partial charge in [0.15, 0.2) is 6.10 Å². The largest absolute Gasteiger partial charge is 0.452 e. The average molecular weight is 374 g/mol. The molecule has 1 aliphatic rings. The highest BCUT2D eigenvalue weighted by Gasteiger charge is 2.34.